The SMILES string of the molecule is c1ccc(-c2cccc(-c3cccc(-n4c5ccccc5c5ccc(-n6c7ccccc7c7ccc(-n8c9c(c%10ccccc%108)CCCC9)cc76)cc54)c3)c2)cc1. The van der Waals surface area contributed by atoms with E-state index in [9.17, 15) is 0 Å². The molecule has 1 aliphatic rings. The number of hydrogen-bond acceptors (Lipinski definition) is 0. The highest BCUT2D eigenvalue weighted by molar-refractivity contribution is 6.12. The van der Waals surface area contributed by atoms with Crippen LogP contribution in [0.1, 0.15) is 24.1 Å². The normalized spacial score (nSPS) is 13.0. The fraction of sp³-hybridized carbons (Fsp3) is 0.0741. The molecule has 3 heteroatoms. The molecule has 0 fully saturated rings. The zero-order valence-electron chi connectivity index (χ0n) is 31.6. The van der Waals surface area contributed by atoms with Gasteiger partial charge in [0.1, 0.15) is 0 Å². The van der Waals surface area contributed by atoms with E-state index in [1.54, 1.807) is 0 Å². The summed E-state index contributed by atoms with van der Waals surface area (Å²) in [6.45, 7) is 0. The van der Waals surface area contributed by atoms with Gasteiger partial charge in [0.15, 0.2) is 0 Å². The number of hydrogen-bond donors (Lipinski definition) is 0. The predicted octanol–water partition coefficient (Wildman–Crippen LogP) is 14.0. The van der Waals surface area contributed by atoms with Crippen LogP contribution in [0, 0.1) is 0 Å². The summed E-state index contributed by atoms with van der Waals surface area (Å²) >= 11 is 0. The van der Waals surface area contributed by atoms with Gasteiger partial charge in [0, 0.05) is 49.7 Å². The average molecular weight is 730 g/mol. The second-order valence-electron chi connectivity index (χ2n) is 15.6. The standard InChI is InChI=1S/C54H39N3/c1-2-14-36(15-3-1)37-16-12-17-38(32-37)39-18-13-19-40(33-39)56-51-26-10-6-22-45(51)47-31-29-42(35-53(47)56)57-52-27-11-7-23-46(52)48-30-28-41(34-54(48)57)55-49-24-8-4-20-43(49)44-21-5-9-25-50(44)55/h1-4,6-8,10-20,22-24,26-35H,5,9,21,25H2. The van der Waals surface area contributed by atoms with Gasteiger partial charge < -0.3 is 13.7 Å². The lowest BCUT2D eigenvalue weighted by atomic mass is 9.95. The predicted molar refractivity (Wildman–Crippen MR) is 239 cm³/mol. The molecular weight excluding hydrogens is 691 g/mol. The van der Waals surface area contributed by atoms with Gasteiger partial charge >= 0.3 is 0 Å². The van der Waals surface area contributed by atoms with Crippen LogP contribution >= 0.6 is 0 Å². The zero-order valence-corrected chi connectivity index (χ0v) is 31.6. The molecule has 0 N–H and O–H groups in total. The van der Waals surface area contributed by atoms with E-state index < -0.39 is 0 Å². The topological polar surface area (TPSA) is 14.8 Å². The molecule has 0 unspecified atom stereocenters. The molecule has 8 aromatic carbocycles. The highest BCUT2D eigenvalue weighted by Crippen LogP contribution is 2.40. The number of rotatable bonds is 5. The molecule has 11 aromatic rings. The summed E-state index contributed by atoms with van der Waals surface area (Å²) in [7, 11) is 0. The first-order valence-electron chi connectivity index (χ1n) is 20.2. The molecule has 0 spiro atoms. The van der Waals surface area contributed by atoms with Crippen molar-refractivity contribution in [3.63, 3.8) is 0 Å². The zero-order chi connectivity index (χ0) is 37.5. The van der Waals surface area contributed by atoms with Gasteiger partial charge in [-0.05, 0) is 114 Å². The Balaban J connectivity index is 1.06. The minimum absolute atomic E-state index is 1.12. The molecule has 1 aliphatic carbocycles. The van der Waals surface area contributed by atoms with Gasteiger partial charge in [0.05, 0.1) is 27.6 Å². The molecule has 12 rings (SSSR count). The number of nitrogens with zero attached hydrogens (tertiary/aromatic N) is 3. The number of para-hydroxylation sites is 3. The van der Waals surface area contributed by atoms with Gasteiger partial charge in [-0.25, -0.2) is 0 Å². The van der Waals surface area contributed by atoms with E-state index in [0.29, 0.717) is 0 Å². The van der Waals surface area contributed by atoms with Gasteiger partial charge in [-0.1, -0.05) is 127 Å². The third-order valence-corrected chi connectivity index (χ3v) is 12.4. The first-order chi connectivity index (χ1) is 28.3. The van der Waals surface area contributed by atoms with Crippen molar-refractivity contribution in [1.82, 2.24) is 13.7 Å². The number of benzene rings is 8. The van der Waals surface area contributed by atoms with E-state index in [1.807, 2.05) is 0 Å². The first-order valence-corrected chi connectivity index (χ1v) is 20.2. The largest absolute Gasteiger partial charge is 0.313 e. The van der Waals surface area contributed by atoms with Crippen molar-refractivity contribution in [2.24, 2.45) is 0 Å². The van der Waals surface area contributed by atoms with Crippen LogP contribution in [-0.2, 0) is 12.8 Å². The van der Waals surface area contributed by atoms with Crippen molar-refractivity contribution < 1.29 is 0 Å². The Labute approximate surface area is 331 Å². The molecule has 0 radical (unpaired) electrons. The van der Waals surface area contributed by atoms with E-state index in [2.05, 4.69) is 202 Å². The van der Waals surface area contributed by atoms with E-state index in [1.165, 1.54) is 107 Å². The molecule has 57 heavy (non-hydrogen) atoms. The van der Waals surface area contributed by atoms with E-state index >= 15 is 0 Å². The quantitative estimate of drug-likeness (QED) is 0.168. The van der Waals surface area contributed by atoms with Crippen molar-refractivity contribution in [3.8, 4) is 39.3 Å². The van der Waals surface area contributed by atoms with Crippen LogP contribution in [0.4, 0.5) is 0 Å². The molecule has 3 nitrogen and oxygen atoms in total. The maximum Gasteiger partial charge on any atom is 0.0561 e. The van der Waals surface area contributed by atoms with Gasteiger partial charge in [0.25, 0.3) is 0 Å². The van der Waals surface area contributed by atoms with Crippen molar-refractivity contribution >= 4 is 54.5 Å². The van der Waals surface area contributed by atoms with Crippen LogP contribution in [0.15, 0.2) is 188 Å². The van der Waals surface area contributed by atoms with E-state index in [-0.39, 0.29) is 0 Å². The number of fused-ring (bicyclic) bond motifs is 9. The Kier molecular flexibility index (Phi) is 7.18. The molecule has 3 aromatic heterocycles. The number of aryl methyl sites for hydroxylation is 1. The summed E-state index contributed by atoms with van der Waals surface area (Å²) in [4.78, 5) is 0. The third kappa shape index (κ3) is 4.98. The lowest BCUT2D eigenvalue weighted by Crippen LogP contribution is -2.07. The highest BCUT2D eigenvalue weighted by atomic mass is 15.0. The van der Waals surface area contributed by atoms with E-state index in [0.717, 1.165) is 24.2 Å². The van der Waals surface area contributed by atoms with Crippen molar-refractivity contribution in [3.05, 3.63) is 199 Å². The minimum atomic E-state index is 1.12. The summed E-state index contributed by atoms with van der Waals surface area (Å²) in [5.41, 5.74) is 17.5. The van der Waals surface area contributed by atoms with Crippen LogP contribution < -0.4 is 0 Å². The minimum Gasteiger partial charge on any atom is -0.313 e. The summed E-state index contributed by atoms with van der Waals surface area (Å²) in [5, 5.41) is 6.44. The van der Waals surface area contributed by atoms with Gasteiger partial charge in [0.2, 0.25) is 0 Å². The maximum absolute atomic E-state index is 2.55. The van der Waals surface area contributed by atoms with Crippen LogP contribution in [-0.4, -0.2) is 13.7 Å². The highest BCUT2D eigenvalue weighted by Gasteiger charge is 2.22. The molecule has 270 valence electrons. The van der Waals surface area contributed by atoms with Crippen LogP contribution in [0.25, 0.3) is 93.8 Å². The Bertz CT molecular complexity index is 3350. The average Bonchev–Trinajstić information content (AvgIpc) is 3.92. The lowest BCUT2D eigenvalue weighted by Gasteiger charge is -2.17. The summed E-state index contributed by atoms with van der Waals surface area (Å²) in [6.07, 6.45) is 4.77. The van der Waals surface area contributed by atoms with Crippen LogP contribution in [0.3, 0.4) is 0 Å². The molecule has 0 amide bonds. The van der Waals surface area contributed by atoms with Gasteiger partial charge in [-0.2, -0.15) is 0 Å². The smallest absolute Gasteiger partial charge is 0.0561 e. The molecule has 0 saturated carbocycles. The maximum atomic E-state index is 2.55. The second-order valence-corrected chi connectivity index (χ2v) is 15.6. The Hall–Kier alpha value is -7.10. The second kappa shape index (κ2) is 12.7. The van der Waals surface area contributed by atoms with E-state index in [4.69, 9.17) is 0 Å². The fourth-order valence-electron chi connectivity index (χ4n) is 9.88. The van der Waals surface area contributed by atoms with Crippen molar-refractivity contribution in [1.29, 1.82) is 0 Å². The molecule has 0 aliphatic heterocycles. The molecule has 0 saturated heterocycles. The van der Waals surface area contributed by atoms with Crippen molar-refractivity contribution in [2.75, 3.05) is 0 Å². The fourth-order valence-corrected chi connectivity index (χ4v) is 9.88. The van der Waals surface area contributed by atoms with Crippen molar-refractivity contribution in [2.45, 2.75) is 25.7 Å². The van der Waals surface area contributed by atoms with Gasteiger partial charge in [-0.15, -0.1) is 0 Å². The third-order valence-electron chi connectivity index (χ3n) is 12.4. The van der Waals surface area contributed by atoms with Crippen LogP contribution in [0.5, 0.6) is 0 Å². The summed E-state index contributed by atoms with van der Waals surface area (Å²) in [5.74, 6) is 0. The first kappa shape index (κ1) is 32.2. The number of aromatic nitrogens is 3. The Morgan fingerprint density at radius 3 is 1.40 bits per heavy atom. The molecule has 0 atom stereocenters. The molecule has 3 heterocycles. The summed E-state index contributed by atoms with van der Waals surface area (Å²) in [6, 6.07) is 69.4. The lowest BCUT2D eigenvalue weighted by molar-refractivity contribution is 0.667. The van der Waals surface area contributed by atoms with Gasteiger partial charge in [-0.3, -0.25) is 0 Å². The monoisotopic (exact) mass is 729 g/mol. The Morgan fingerprint density at radius 2 is 0.737 bits per heavy atom. The Morgan fingerprint density at radius 1 is 0.281 bits per heavy atom. The molecular formula is C54H39N3. The van der Waals surface area contributed by atoms with Crippen LogP contribution in [0.2, 0.25) is 0 Å². The molecule has 0 bridgehead atoms. The summed E-state index contributed by atoms with van der Waals surface area (Å²) < 4.78 is 7.49.